The number of pyridine rings is 1. The molecule has 0 atom stereocenters. The van der Waals surface area contributed by atoms with Crippen molar-refractivity contribution >= 4 is 11.6 Å². The Morgan fingerprint density at radius 1 is 1.03 bits per heavy atom. The molecule has 2 aromatic carbocycles. The highest BCUT2D eigenvalue weighted by atomic mass is 16.1. The van der Waals surface area contributed by atoms with E-state index in [9.17, 15) is 4.79 Å². The molecule has 0 radical (unpaired) electrons. The Bertz CT molecular complexity index is 1350. The number of nitrogens with one attached hydrogen (secondary N) is 1. The van der Waals surface area contributed by atoms with E-state index < -0.39 is 0 Å². The fourth-order valence-corrected chi connectivity index (χ4v) is 4.96. The first kappa shape index (κ1) is 24.8. The van der Waals surface area contributed by atoms with Crippen molar-refractivity contribution in [2.75, 3.05) is 25.0 Å². The molecule has 0 unspecified atom stereocenters. The van der Waals surface area contributed by atoms with Crippen LogP contribution in [0.5, 0.6) is 0 Å². The van der Waals surface area contributed by atoms with E-state index >= 15 is 0 Å². The zero-order valence-corrected chi connectivity index (χ0v) is 21.5. The molecule has 0 spiro atoms. The summed E-state index contributed by atoms with van der Waals surface area (Å²) >= 11 is 0. The van der Waals surface area contributed by atoms with Crippen LogP contribution in [-0.4, -0.2) is 45.4 Å². The van der Waals surface area contributed by atoms with Crippen molar-refractivity contribution in [1.82, 2.24) is 19.9 Å². The number of nitrogens with zero attached hydrogens (tertiary/aromatic N) is 4. The summed E-state index contributed by atoms with van der Waals surface area (Å²) in [7, 11) is 0. The van der Waals surface area contributed by atoms with Gasteiger partial charge in [-0.3, -0.25) is 9.78 Å². The molecule has 1 N–H and O–H groups in total. The molecule has 0 saturated carbocycles. The number of amides is 1. The highest BCUT2D eigenvalue weighted by Gasteiger charge is 2.19. The van der Waals surface area contributed by atoms with Crippen molar-refractivity contribution < 1.29 is 4.79 Å². The molecule has 6 heteroatoms. The van der Waals surface area contributed by atoms with E-state index in [-0.39, 0.29) is 5.91 Å². The Labute approximate surface area is 218 Å². The van der Waals surface area contributed by atoms with Crippen LogP contribution < -0.4 is 5.32 Å². The molecule has 0 aliphatic carbocycles. The molecule has 1 fully saturated rings. The summed E-state index contributed by atoms with van der Waals surface area (Å²) in [5, 5.41) is 3.06. The predicted octanol–water partition coefficient (Wildman–Crippen LogP) is 5.89. The second-order valence-electron chi connectivity index (χ2n) is 9.70. The number of benzene rings is 2. The highest BCUT2D eigenvalue weighted by Crippen LogP contribution is 2.29. The van der Waals surface area contributed by atoms with Crippen LogP contribution in [0.4, 0.5) is 5.69 Å². The third-order valence-electron chi connectivity index (χ3n) is 7.30. The van der Waals surface area contributed by atoms with Crippen LogP contribution in [0.15, 0.2) is 79.3 Å². The number of rotatable bonds is 7. The van der Waals surface area contributed by atoms with Gasteiger partial charge in [-0.25, -0.2) is 9.97 Å². The molecule has 5 rings (SSSR count). The molecule has 3 heterocycles. The number of aryl methyl sites for hydroxylation is 1. The zero-order valence-electron chi connectivity index (χ0n) is 21.5. The molecule has 6 nitrogen and oxygen atoms in total. The number of aromatic nitrogens is 3. The number of hydrogen-bond donors (Lipinski definition) is 1. The Kier molecular flexibility index (Phi) is 7.66. The SMILES string of the molecule is CCN1CCC(c2ccc(NC(=O)c3ccc(C)c(Cc4nccc(-c5cccnc5)n4)c3)cc2)CC1. The Hall–Kier alpha value is -3.90. The second-order valence-corrected chi connectivity index (χ2v) is 9.70. The summed E-state index contributed by atoms with van der Waals surface area (Å²) in [5.74, 6) is 1.20. The minimum Gasteiger partial charge on any atom is -0.322 e. The van der Waals surface area contributed by atoms with Crippen LogP contribution in [0.25, 0.3) is 11.3 Å². The quantitative estimate of drug-likeness (QED) is 0.349. The lowest BCUT2D eigenvalue weighted by Gasteiger charge is -2.31. The van der Waals surface area contributed by atoms with Crippen molar-refractivity contribution in [3.63, 3.8) is 0 Å². The Morgan fingerprint density at radius 2 is 1.84 bits per heavy atom. The molecule has 188 valence electrons. The maximum Gasteiger partial charge on any atom is 0.255 e. The lowest BCUT2D eigenvalue weighted by atomic mass is 9.89. The molecular weight excluding hydrogens is 458 g/mol. The molecule has 37 heavy (non-hydrogen) atoms. The summed E-state index contributed by atoms with van der Waals surface area (Å²) in [5.41, 5.74) is 6.72. The standard InChI is InChI=1S/C31H33N5O/c1-3-36-17-13-24(14-18-36)23-8-10-28(11-9-23)34-31(37)25-7-6-22(2)27(19-25)20-30-33-16-12-29(35-30)26-5-4-15-32-21-26/h4-12,15-16,19,21,24H,3,13-14,17-18,20H2,1-2H3,(H,34,37). The van der Waals surface area contributed by atoms with Gasteiger partial charge in [-0.1, -0.05) is 25.1 Å². The average molecular weight is 492 g/mol. The van der Waals surface area contributed by atoms with Crippen molar-refractivity contribution in [1.29, 1.82) is 0 Å². The van der Waals surface area contributed by atoms with Crippen LogP contribution in [0.1, 0.15) is 58.6 Å². The van der Waals surface area contributed by atoms with Gasteiger partial charge in [0.2, 0.25) is 0 Å². The van der Waals surface area contributed by atoms with E-state index in [1.807, 2.05) is 55.5 Å². The van der Waals surface area contributed by atoms with E-state index in [2.05, 4.69) is 39.2 Å². The summed E-state index contributed by atoms with van der Waals surface area (Å²) in [4.78, 5) is 28.9. The summed E-state index contributed by atoms with van der Waals surface area (Å²) in [6, 6.07) is 19.9. The van der Waals surface area contributed by atoms with Gasteiger partial charge >= 0.3 is 0 Å². The first-order chi connectivity index (χ1) is 18.1. The van der Waals surface area contributed by atoms with Crippen molar-refractivity contribution in [2.24, 2.45) is 0 Å². The van der Waals surface area contributed by atoms with E-state index in [0.717, 1.165) is 47.7 Å². The molecular formula is C31H33N5O. The van der Waals surface area contributed by atoms with Crippen LogP contribution in [0, 0.1) is 6.92 Å². The molecule has 4 aromatic rings. The fraction of sp³-hybridized carbons (Fsp3) is 0.290. The first-order valence-electron chi connectivity index (χ1n) is 13.0. The van der Waals surface area contributed by atoms with Crippen molar-refractivity contribution in [3.8, 4) is 11.3 Å². The summed E-state index contributed by atoms with van der Waals surface area (Å²) in [6.07, 6.45) is 8.25. The average Bonchev–Trinajstić information content (AvgIpc) is 2.95. The number of hydrogen-bond acceptors (Lipinski definition) is 5. The Balaban J connectivity index is 1.25. The smallest absolute Gasteiger partial charge is 0.255 e. The van der Waals surface area contributed by atoms with Gasteiger partial charge in [-0.15, -0.1) is 0 Å². The molecule has 1 amide bonds. The van der Waals surface area contributed by atoms with E-state index in [1.165, 1.54) is 18.4 Å². The fourth-order valence-electron chi connectivity index (χ4n) is 4.96. The zero-order chi connectivity index (χ0) is 25.6. The largest absolute Gasteiger partial charge is 0.322 e. The van der Waals surface area contributed by atoms with E-state index in [0.29, 0.717) is 23.7 Å². The topological polar surface area (TPSA) is 71.0 Å². The monoisotopic (exact) mass is 491 g/mol. The van der Waals surface area contributed by atoms with Gasteiger partial charge in [0, 0.05) is 41.8 Å². The maximum atomic E-state index is 13.1. The van der Waals surface area contributed by atoms with Gasteiger partial charge in [0.25, 0.3) is 5.91 Å². The van der Waals surface area contributed by atoms with E-state index in [1.54, 1.807) is 18.6 Å². The number of carbonyl (C=O) groups is 1. The minimum absolute atomic E-state index is 0.115. The lowest BCUT2D eigenvalue weighted by Crippen LogP contribution is -2.32. The van der Waals surface area contributed by atoms with Crippen molar-refractivity contribution in [2.45, 2.75) is 39.0 Å². The summed E-state index contributed by atoms with van der Waals surface area (Å²) in [6.45, 7) is 7.72. The normalized spacial score (nSPS) is 14.4. The number of piperidine rings is 1. The number of anilines is 1. The molecule has 0 bridgehead atoms. The molecule has 1 aliphatic heterocycles. The van der Waals surface area contributed by atoms with E-state index in [4.69, 9.17) is 4.98 Å². The van der Waals surface area contributed by atoms with Gasteiger partial charge < -0.3 is 10.2 Å². The van der Waals surface area contributed by atoms with Gasteiger partial charge in [0.15, 0.2) is 0 Å². The van der Waals surface area contributed by atoms with Crippen LogP contribution in [-0.2, 0) is 6.42 Å². The van der Waals surface area contributed by atoms with Crippen LogP contribution in [0.2, 0.25) is 0 Å². The van der Waals surface area contributed by atoms with Gasteiger partial charge in [0.05, 0.1) is 5.69 Å². The van der Waals surface area contributed by atoms with Gasteiger partial charge in [-0.05, 0) is 104 Å². The number of carbonyl (C=O) groups excluding carboxylic acids is 1. The van der Waals surface area contributed by atoms with Gasteiger partial charge in [-0.2, -0.15) is 0 Å². The molecule has 1 aliphatic rings. The first-order valence-corrected chi connectivity index (χ1v) is 13.0. The lowest BCUT2D eigenvalue weighted by molar-refractivity contribution is 0.102. The second kappa shape index (κ2) is 11.4. The number of likely N-dealkylation sites (tertiary alicyclic amines) is 1. The molecule has 1 saturated heterocycles. The third kappa shape index (κ3) is 6.09. The van der Waals surface area contributed by atoms with Crippen LogP contribution in [0.3, 0.4) is 0 Å². The Morgan fingerprint density at radius 3 is 2.57 bits per heavy atom. The van der Waals surface area contributed by atoms with Crippen LogP contribution >= 0.6 is 0 Å². The highest BCUT2D eigenvalue weighted by molar-refractivity contribution is 6.04. The maximum absolute atomic E-state index is 13.1. The molecule has 2 aromatic heterocycles. The minimum atomic E-state index is -0.115. The summed E-state index contributed by atoms with van der Waals surface area (Å²) < 4.78 is 0. The van der Waals surface area contributed by atoms with Crippen molar-refractivity contribution in [3.05, 3.63) is 107 Å². The van der Waals surface area contributed by atoms with Gasteiger partial charge in [0.1, 0.15) is 5.82 Å². The third-order valence-corrected chi connectivity index (χ3v) is 7.30. The predicted molar refractivity (Wildman–Crippen MR) is 148 cm³/mol.